The van der Waals surface area contributed by atoms with Gasteiger partial charge in [-0.1, -0.05) is 77.6 Å². The molecule has 0 fully saturated rings. The molecule has 0 aliphatic heterocycles. The fraction of sp³-hybridized carbons (Fsp3) is 0.240. The molecular formula is C25H30O4Si. The van der Waals surface area contributed by atoms with E-state index in [0.29, 0.717) is 12.0 Å². The first kappa shape index (κ1) is 23.2. The number of benzene rings is 3. The lowest BCUT2D eigenvalue weighted by atomic mass is 10.0. The summed E-state index contributed by atoms with van der Waals surface area (Å²) in [4.78, 5) is 9.00. The van der Waals surface area contributed by atoms with E-state index < -0.39 is 14.0 Å². The van der Waals surface area contributed by atoms with Crippen LogP contribution >= 0.6 is 0 Å². The van der Waals surface area contributed by atoms with E-state index in [-0.39, 0.29) is 0 Å². The Hall–Kier alpha value is -3.05. The maximum absolute atomic E-state index is 10.1. The van der Waals surface area contributed by atoms with Crippen LogP contribution in [0.2, 0.25) is 6.55 Å². The average Bonchev–Trinajstić information content (AvgIpc) is 2.74. The zero-order valence-electron chi connectivity index (χ0n) is 18.3. The summed E-state index contributed by atoms with van der Waals surface area (Å²) in [6.07, 6.45) is 0.658. The van der Waals surface area contributed by atoms with Gasteiger partial charge in [0.25, 0.3) is 5.97 Å². The molecule has 3 rings (SSSR count). The van der Waals surface area contributed by atoms with Gasteiger partial charge in [-0.3, -0.25) is 4.79 Å². The molecule has 30 heavy (non-hydrogen) atoms. The summed E-state index contributed by atoms with van der Waals surface area (Å²) in [5, 5.41) is 20.3. The molecule has 0 spiro atoms. The SMILES string of the molecule is CC(=O)O.Cc1cc(OC[Si](C)(c2ccccc2)c2ccccc2)c(C)c(C)c1O. The summed E-state index contributed by atoms with van der Waals surface area (Å²) in [5.74, 6) is 0.393. The number of hydrogen-bond acceptors (Lipinski definition) is 3. The summed E-state index contributed by atoms with van der Waals surface area (Å²) < 4.78 is 6.38. The highest BCUT2D eigenvalue weighted by Crippen LogP contribution is 2.32. The Bertz CT molecular complexity index is 942. The minimum atomic E-state index is -2.04. The van der Waals surface area contributed by atoms with E-state index in [1.165, 1.54) is 10.4 Å². The number of hydrogen-bond donors (Lipinski definition) is 2. The van der Waals surface area contributed by atoms with Crippen LogP contribution in [0.3, 0.4) is 0 Å². The van der Waals surface area contributed by atoms with Gasteiger partial charge in [-0.2, -0.15) is 0 Å². The van der Waals surface area contributed by atoms with Gasteiger partial charge in [0.2, 0.25) is 0 Å². The number of ether oxygens (including phenoxy) is 1. The maximum atomic E-state index is 10.1. The van der Waals surface area contributed by atoms with Crippen molar-refractivity contribution in [3.8, 4) is 11.5 Å². The lowest BCUT2D eigenvalue weighted by Gasteiger charge is -2.29. The highest BCUT2D eigenvalue weighted by molar-refractivity contribution is 7.01. The molecule has 0 unspecified atom stereocenters. The van der Waals surface area contributed by atoms with E-state index in [1.54, 1.807) is 0 Å². The Morgan fingerprint density at radius 1 is 0.900 bits per heavy atom. The Kier molecular flexibility index (Phi) is 7.84. The van der Waals surface area contributed by atoms with Gasteiger partial charge in [-0.05, 0) is 43.5 Å². The van der Waals surface area contributed by atoms with Crippen molar-refractivity contribution < 1.29 is 19.7 Å². The number of carboxylic acids is 1. The van der Waals surface area contributed by atoms with Crippen LogP contribution in [-0.4, -0.2) is 30.5 Å². The highest BCUT2D eigenvalue weighted by Gasteiger charge is 2.33. The number of carbonyl (C=O) groups is 1. The number of aliphatic carboxylic acids is 1. The van der Waals surface area contributed by atoms with Crippen LogP contribution in [-0.2, 0) is 4.79 Å². The minimum absolute atomic E-state index is 0.362. The molecule has 3 aromatic rings. The Morgan fingerprint density at radius 3 is 1.77 bits per heavy atom. The number of carboxylic acid groups (broad SMARTS) is 1. The normalized spacial score (nSPS) is 10.7. The molecule has 0 amide bonds. The molecule has 4 nitrogen and oxygen atoms in total. The second-order valence-electron chi connectivity index (χ2n) is 7.66. The molecule has 0 radical (unpaired) electrons. The summed E-state index contributed by atoms with van der Waals surface area (Å²) >= 11 is 0. The van der Waals surface area contributed by atoms with E-state index in [2.05, 4.69) is 67.2 Å². The molecule has 0 aliphatic rings. The second-order valence-corrected chi connectivity index (χ2v) is 11.8. The minimum Gasteiger partial charge on any atom is -0.507 e. The lowest BCUT2D eigenvalue weighted by molar-refractivity contribution is -0.134. The fourth-order valence-electron chi connectivity index (χ4n) is 3.35. The van der Waals surface area contributed by atoms with Crippen LogP contribution in [0.15, 0.2) is 66.7 Å². The molecule has 2 N–H and O–H groups in total. The predicted molar refractivity (Wildman–Crippen MR) is 125 cm³/mol. The first-order valence-corrected chi connectivity index (χ1v) is 12.6. The van der Waals surface area contributed by atoms with E-state index in [4.69, 9.17) is 14.6 Å². The second kappa shape index (κ2) is 10.1. The van der Waals surface area contributed by atoms with Crippen molar-refractivity contribution in [1.29, 1.82) is 0 Å². The van der Waals surface area contributed by atoms with E-state index in [1.807, 2.05) is 26.8 Å². The molecule has 5 heteroatoms. The molecule has 3 aromatic carbocycles. The Balaban J connectivity index is 0.000000735. The van der Waals surface area contributed by atoms with Crippen molar-refractivity contribution in [3.05, 3.63) is 83.4 Å². The monoisotopic (exact) mass is 422 g/mol. The largest absolute Gasteiger partial charge is 0.507 e. The third-order valence-corrected chi connectivity index (χ3v) is 9.28. The number of phenolic OH excluding ortho intramolecular Hbond substituents is 1. The lowest BCUT2D eigenvalue weighted by Crippen LogP contribution is -2.60. The van der Waals surface area contributed by atoms with Gasteiger partial charge in [0.15, 0.2) is 8.07 Å². The molecular weight excluding hydrogens is 392 g/mol. The van der Waals surface area contributed by atoms with Gasteiger partial charge >= 0.3 is 0 Å². The van der Waals surface area contributed by atoms with Crippen LogP contribution in [0.4, 0.5) is 0 Å². The molecule has 0 saturated carbocycles. The first-order chi connectivity index (χ1) is 14.2. The van der Waals surface area contributed by atoms with Gasteiger partial charge < -0.3 is 14.9 Å². The van der Waals surface area contributed by atoms with Gasteiger partial charge in [0.05, 0.1) is 6.23 Å². The standard InChI is InChI=1S/C23H26O2Si.C2H4O2/c1-17-15-22(18(2)19(3)23(17)24)25-16-26(4,20-11-7-5-8-12-20)21-13-9-6-10-14-21;1-2(3)4/h5-15,24H,16H2,1-4H3;1H3,(H,3,4). The van der Waals surface area contributed by atoms with Gasteiger partial charge in [-0.15, -0.1) is 0 Å². The Morgan fingerprint density at radius 2 is 1.33 bits per heavy atom. The number of aryl methyl sites for hydroxylation is 1. The first-order valence-electron chi connectivity index (χ1n) is 9.90. The van der Waals surface area contributed by atoms with Crippen LogP contribution in [0.5, 0.6) is 11.5 Å². The van der Waals surface area contributed by atoms with Gasteiger partial charge in [0.1, 0.15) is 11.5 Å². The van der Waals surface area contributed by atoms with Crippen molar-refractivity contribution in [1.82, 2.24) is 0 Å². The zero-order valence-corrected chi connectivity index (χ0v) is 19.3. The smallest absolute Gasteiger partial charge is 0.300 e. The van der Waals surface area contributed by atoms with Crippen molar-refractivity contribution in [2.24, 2.45) is 0 Å². The van der Waals surface area contributed by atoms with Crippen LogP contribution < -0.4 is 15.1 Å². The predicted octanol–water partition coefficient (Wildman–Crippen LogP) is 4.22. The van der Waals surface area contributed by atoms with Crippen molar-refractivity contribution in [2.75, 3.05) is 6.23 Å². The number of phenols is 1. The Labute approximate surface area is 179 Å². The molecule has 0 heterocycles. The van der Waals surface area contributed by atoms with Crippen molar-refractivity contribution in [3.63, 3.8) is 0 Å². The van der Waals surface area contributed by atoms with Crippen LogP contribution in [0, 0.1) is 20.8 Å². The summed E-state index contributed by atoms with van der Waals surface area (Å²) in [5.41, 5.74) is 2.75. The van der Waals surface area contributed by atoms with Crippen molar-refractivity contribution >= 4 is 24.4 Å². The van der Waals surface area contributed by atoms with Crippen LogP contribution in [0.1, 0.15) is 23.6 Å². The third-order valence-electron chi connectivity index (χ3n) is 5.35. The average molecular weight is 423 g/mol. The molecule has 158 valence electrons. The van der Waals surface area contributed by atoms with E-state index in [0.717, 1.165) is 29.4 Å². The quantitative estimate of drug-likeness (QED) is 0.604. The van der Waals surface area contributed by atoms with Crippen LogP contribution in [0.25, 0.3) is 0 Å². The molecule has 0 aromatic heterocycles. The van der Waals surface area contributed by atoms with Crippen molar-refractivity contribution in [2.45, 2.75) is 34.2 Å². The number of rotatable bonds is 5. The molecule has 0 saturated heterocycles. The summed E-state index contributed by atoms with van der Waals surface area (Å²) in [6, 6.07) is 23.3. The zero-order chi connectivity index (χ0) is 22.3. The molecule has 0 bridgehead atoms. The molecule has 0 atom stereocenters. The van der Waals surface area contributed by atoms with Gasteiger partial charge in [-0.25, -0.2) is 0 Å². The summed E-state index contributed by atoms with van der Waals surface area (Å²) in [6.45, 7) is 9.30. The summed E-state index contributed by atoms with van der Waals surface area (Å²) in [7, 11) is -2.04. The van der Waals surface area contributed by atoms with E-state index >= 15 is 0 Å². The topological polar surface area (TPSA) is 66.8 Å². The fourth-order valence-corrected chi connectivity index (χ4v) is 6.32. The van der Waals surface area contributed by atoms with E-state index in [9.17, 15) is 5.11 Å². The van der Waals surface area contributed by atoms with Gasteiger partial charge in [0, 0.05) is 6.92 Å². The maximum Gasteiger partial charge on any atom is 0.300 e. The molecule has 0 aliphatic carbocycles. The third kappa shape index (κ3) is 5.51. The highest BCUT2D eigenvalue weighted by atomic mass is 28.3. The number of aromatic hydroxyl groups is 1.